The summed E-state index contributed by atoms with van der Waals surface area (Å²) in [6, 6.07) is 13.7. The molecule has 1 N–H and O–H groups in total. The number of sulfonamides is 1. The summed E-state index contributed by atoms with van der Waals surface area (Å²) < 4.78 is 31.8. The molecular formula is C17H19BrN2O4S. The zero-order valence-corrected chi connectivity index (χ0v) is 16.3. The van der Waals surface area contributed by atoms with Gasteiger partial charge in [0.15, 0.2) is 0 Å². The van der Waals surface area contributed by atoms with Crippen LogP contribution in [0.15, 0.2) is 53.0 Å². The van der Waals surface area contributed by atoms with Crippen LogP contribution in [0.4, 0.5) is 11.4 Å². The quantitative estimate of drug-likeness (QED) is 0.736. The van der Waals surface area contributed by atoms with Gasteiger partial charge in [0, 0.05) is 10.2 Å². The number of nitrogens with one attached hydrogen (secondary N) is 1. The summed E-state index contributed by atoms with van der Waals surface area (Å²) in [6.45, 7) is 1.85. The molecule has 0 radical (unpaired) electrons. The molecule has 2 aromatic rings. The van der Waals surface area contributed by atoms with Crippen LogP contribution in [0, 0.1) is 0 Å². The highest BCUT2D eigenvalue weighted by Crippen LogP contribution is 2.29. The van der Waals surface area contributed by atoms with Crippen LogP contribution in [0.3, 0.4) is 0 Å². The van der Waals surface area contributed by atoms with E-state index in [4.69, 9.17) is 4.74 Å². The maximum atomic E-state index is 12.3. The van der Waals surface area contributed by atoms with Crippen LogP contribution in [0.5, 0.6) is 5.75 Å². The van der Waals surface area contributed by atoms with Crippen LogP contribution >= 0.6 is 15.9 Å². The van der Waals surface area contributed by atoms with Gasteiger partial charge in [-0.15, -0.1) is 0 Å². The number of carbonyl (C=O) groups excluding carboxylic acids is 1. The predicted molar refractivity (Wildman–Crippen MR) is 103 cm³/mol. The standard InChI is InChI=1S/C17H19BrN2O4S/c1-3-24-16-7-5-4-6-15(16)20(25(2,22)23)12-17(21)19-14-10-8-13(18)9-11-14/h4-11H,3,12H2,1-2H3,(H,19,21). The SMILES string of the molecule is CCOc1ccccc1N(CC(=O)Nc1ccc(Br)cc1)S(C)(=O)=O. The molecule has 0 aliphatic carbocycles. The fourth-order valence-corrected chi connectivity index (χ4v) is 3.31. The molecule has 0 bridgehead atoms. The highest BCUT2D eigenvalue weighted by molar-refractivity contribution is 9.10. The van der Waals surface area contributed by atoms with Gasteiger partial charge in [0.2, 0.25) is 15.9 Å². The van der Waals surface area contributed by atoms with E-state index in [0.717, 1.165) is 15.0 Å². The third-order valence-corrected chi connectivity index (χ3v) is 4.90. The molecule has 0 aliphatic rings. The lowest BCUT2D eigenvalue weighted by Crippen LogP contribution is -2.37. The fraction of sp³-hybridized carbons (Fsp3) is 0.235. The van der Waals surface area contributed by atoms with Crippen molar-refractivity contribution in [3.8, 4) is 5.75 Å². The predicted octanol–water partition coefficient (Wildman–Crippen LogP) is 3.25. The number of hydrogen-bond acceptors (Lipinski definition) is 4. The summed E-state index contributed by atoms with van der Waals surface area (Å²) in [5, 5.41) is 2.69. The van der Waals surface area contributed by atoms with E-state index in [-0.39, 0.29) is 6.54 Å². The minimum Gasteiger partial charge on any atom is -0.492 e. The number of ether oxygens (including phenoxy) is 1. The molecule has 0 atom stereocenters. The van der Waals surface area contributed by atoms with Crippen molar-refractivity contribution in [1.29, 1.82) is 0 Å². The van der Waals surface area contributed by atoms with Gasteiger partial charge in [-0.2, -0.15) is 0 Å². The maximum absolute atomic E-state index is 12.3. The number of para-hydroxylation sites is 2. The number of benzene rings is 2. The van der Waals surface area contributed by atoms with Crippen LogP contribution < -0.4 is 14.4 Å². The monoisotopic (exact) mass is 426 g/mol. The normalized spacial score (nSPS) is 11.0. The van der Waals surface area contributed by atoms with Gasteiger partial charge in [0.05, 0.1) is 18.6 Å². The molecule has 0 heterocycles. The third kappa shape index (κ3) is 5.47. The Labute approximate surface area is 156 Å². The Kier molecular flexibility index (Phi) is 6.44. The molecule has 2 aromatic carbocycles. The molecule has 1 amide bonds. The first-order valence-electron chi connectivity index (χ1n) is 7.56. The van der Waals surface area contributed by atoms with Gasteiger partial charge in [-0.1, -0.05) is 28.1 Å². The van der Waals surface area contributed by atoms with E-state index in [0.29, 0.717) is 23.7 Å². The van der Waals surface area contributed by atoms with E-state index in [9.17, 15) is 13.2 Å². The molecular weight excluding hydrogens is 408 g/mol. The summed E-state index contributed by atoms with van der Waals surface area (Å²) in [4.78, 5) is 12.3. The Balaban J connectivity index is 2.24. The van der Waals surface area contributed by atoms with Crippen LogP contribution in [0.1, 0.15) is 6.92 Å². The second-order valence-electron chi connectivity index (χ2n) is 5.23. The van der Waals surface area contributed by atoms with Crippen molar-refractivity contribution in [2.45, 2.75) is 6.92 Å². The van der Waals surface area contributed by atoms with Gasteiger partial charge >= 0.3 is 0 Å². The molecule has 0 spiro atoms. The number of anilines is 2. The van der Waals surface area contributed by atoms with Crippen molar-refractivity contribution < 1.29 is 17.9 Å². The molecule has 0 fully saturated rings. The Morgan fingerprint density at radius 2 is 1.80 bits per heavy atom. The Morgan fingerprint density at radius 3 is 2.40 bits per heavy atom. The Hall–Kier alpha value is -2.06. The number of carbonyl (C=O) groups is 1. The van der Waals surface area contributed by atoms with E-state index in [1.807, 2.05) is 6.92 Å². The van der Waals surface area contributed by atoms with Crippen molar-refractivity contribution >= 4 is 43.2 Å². The molecule has 0 saturated heterocycles. The van der Waals surface area contributed by atoms with Gasteiger partial charge in [-0.25, -0.2) is 8.42 Å². The Morgan fingerprint density at radius 1 is 1.16 bits per heavy atom. The van der Waals surface area contributed by atoms with Crippen LogP contribution in [-0.4, -0.2) is 33.7 Å². The average Bonchev–Trinajstić information content (AvgIpc) is 2.55. The number of rotatable bonds is 7. The van der Waals surface area contributed by atoms with Gasteiger partial charge in [-0.05, 0) is 43.3 Å². The molecule has 25 heavy (non-hydrogen) atoms. The van der Waals surface area contributed by atoms with E-state index >= 15 is 0 Å². The third-order valence-electron chi connectivity index (χ3n) is 3.25. The molecule has 0 unspecified atom stereocenters. The van der Waals surface area contributed by atoms with E-state index < -0.39 is 15.9 Å². The van der Waals surface area contributed by atoms with Crippen LogP contribution in [0.2, 0.25) is 0 Å². The molecule has 0 aromatic heterocycles. The first kappa shape index (κ1) is 19.3. The van der Waals surface area contributed by atoms with Crippen molar-refractivity contribution in [3.05, 3.63) is 53.0 Å². The lowest BCUT2D eigenvalue weighted by molar-refractivity contribution is -0.114. The summed E-state index contributed by atoms with van der Waals surface area (Å²) in [5.74, 6) is -0.0362. The maximum Gasteiger partial charge on any atom is 0.245 e. The first-order valence-corrected chi connectivity index (χ1v) is 10.2. The first-order chi connectivity index (χ1) is 11.8. The smallest absolute Gasteiger partial charge is 0.245 e. The van der Waals surface area contributed by atoms with Crippen LogP contribution in [0.25, 0.3) is 0 Å². The molecule has 8 heteroatoms. The van der Waals surface area contributed by atoms with Crippen LogP contribution in [-0.2, 0) is 14.8 Å². The molecule has 6 nitrogen and oxygen atoms in total. The summed E-state index contributed by atoms with van der Waals surface area (Å²) in [5.41, 5.74) is 0.914. The number of halogens is 1. The molecule has 2 rings (SSSR count). The zero-order valence-electron chi connectivity index (χ0n) is 13.9. The minimum absolute atomic E-state index is 0.331. The van der Waals surface area contributed by atoms with Crippen molar-refractivity contribution in [1.82, 2.24) is 0 Å². The molecule has 0 aliphatic heterocycles. The second-order valence-corrected chi connectivity index (χ2v) is 8.05. The summed E-state index contributed by atoms with van der Waals surface area (Å²) in [6.07, 6.45) is 1.06. The van der Waals surface area contributed by atoms with Gasteiger partial charge in [-0.3, -0.25) is 9.10 Å². The number of nitrogens with zero attached hydrogens (tertiary/aromatic N) is 1. The van der Waals surface area contributed by atoms with Crippen molar-refractivity contribution in [2.75, 3.05) is 29.0 Å². The zero-order chi connectivity index (χ0) is 18.4. The average molecular weight is 427 g/mol. The summed E-state index contributed by atoms with van der Waals surface area (Å²) >= 11 is 3.32. The van der Waals surface area contributed by atoms with Gasteiger partial charge in [0.1, 0.15) is 12.3 Å². The van der Waals surface area contributed by atoms with Gasteiger partial charge < -0.3 is 10.1 Å². The number of amides is 1. The highest BCUT2D eigenvalue weighted by atomic mass is 79.9. The van der Waals surface area contributed by atoms with Gasteiger partial charge in [0.25, 0.3) is 0 Å². The number of hydrogen-bond donors (Lipinski definition) is 1. The fourth-order valence-electron chi connectivity index (χ4n) is 2.19. The lowest BCUT2D eigenvalue weighted by Gasteiger charge is -2.24. The largest absolute Gasteiger partial charge is 0.492 e. The topological polar surface area (TPSA) is 75.7 Å². The molecule has 134 valence electrons. The van der Waals surface area contributed by atoms with E-state index in [1.54, 1.807) is 48.5 Å². The van der Waals surface area contributed by atoms with E-state index in [2.05, 4.69) is 21.2 Å². The minimum atomic E-state index is -3.67. The molecule has 0 saturated carbocycles. The second kappa shape index (κ2) is 8.35. The van der Waals surface area contributed by atoms with Crippen molar-refractivity contribution in [2.24, 2.45) is 0 Å². The highest BCUT2D eigenvalue weighted by Gasteiger charge is 2.23. The Bertz CT molecular complexity index is 838. The van der Waals surface area contributed by atoms with Crippen molar-refractivity contribution in [3.63, 3.8) is 0 Å². The summed E-state index contributed by atoms with van der Waals surface area (Å²) in [7, 11) is -3.67. The lowest BCUT2D eigenvalue weighted by atomic mass is 10.3. The van der Waals surface area contributed by atoms with E-state index in [1.165, 1.54) is 0 Å².